The van der Waals surface area contributed by atoms with Gasteiger partial charge in [0.1, 0.15) is 0 Å². The van der Waals surface area contributed by atoms with Crippen molar-refractivity contribution >= 4 is 11.8 Å². The minimum atomic E-state index is 0.784. The van der Waals surface area contributed by atoms with Crippen LogP contribution in [0.15, 0.2) is 53.7 Å². The fraction of sp³-hybridized carbons (Fsp3) is 0.176. The highest BCUT2D eigenvalue weighted by atomic mass is 32.2. The van der Waals surface area contributed by atoms with Crippen molar-refractivity contribution in [3.05, 3.63) is 65.2 Å². The van der Waals surface area contributed by atoms with Crippen LogP contribution in [0.4, 0.5) is 0 Å². The van der Waals surface area contributed by atoms with Crippen molar-refractivity contribution in [1.29, 1.82) is 0 Å². The smallest absolute Gasteiger partial charge is 0.209 e. The lowest BCUT2D eigenvalue weighted by Crippen LogP contribution is -1.83. The molecule has 1 heterocycles. The molecule has 0 atom stereocenters. The van der Waals surface area contributed by atoms with E-state index in [1.54, 1.807) is 11.8 Å². The molecule has 0 amide bonds. The summed E-state index contributed by atoms with van der Waals surface area (Å²) >= 11 is 1.65. The van der Waals surface area contributed by atoms with Gasteiger partial charge >= 0.3 is 0 Å². The molecule has 1 N–H and O–H groups in total. The molecular weight excluding hydrogens is 278 g/mol. The van der Waals surface area contributed by atoms with Crippen LogP contribution in [0, 0.1) is 13.8 Å². The summed E-state index contributed by atoms with van der Waals surface area (Å²) < 4.78 is 0. The van der Waals surface area contributed by atoms with E-state index < -0.39 is 0 Å². The molecule has 21 heavy (non-hydrogen) atoms. The summed E-state index contributed by atoms with van der Waals surface area (Å²) in [7, 11) is 0. The predicted octanol–water partition coefficient (Wildman–Crippen LogP) is 4.38. The summed E-state index contributed by atoms with van der Waals surface area (Å²) in [6.45, 7) is 4.18. The maximum absolute atomic E-state index is 4.54. The molecular formula is C17H17N3S. The topological polar surface area (TPSA) is 41.6 Å². The molecule has 0 radical (unpaired) electrons. The second-order valence-corrected chi connectivity index (χ2v) is 6.05. The Morgan fingerprint density at radius 3 is 2.57 bits per heavy atom. The standard InChI is InChI=1S/C17H17N3S/c1-12-6-8-15(9-7-12)16-18-17(20-19-16)21-11-14-5-3-4-13(2)10-14/h3-10H,11H2,1-2H3,(H,18,19,20). The Bertz CT molecular complexity index is 732. The number of aromatic nitrogens is 3. The van der Waals surface area contributed by atoms with Crippen molar-refractivity contribution in [3.63, 3.8) is 0 Å². The summed E-state index contributed by atoms with van der Waals surface area (Å²) in [5.41, 5.74) is 4.88. The minimum absolute atomic E-state index is 0.784. The van der Waals surface area contributed by atoms with Crippen molar-refractivity contribution in [1.82, 2.24) is 15.2 Å². The van der Waals surface area contributed by atoms with Crippen LogP contribution in [-0.2, 0) is 5.75 Å². The zero-order chi connectivity index (χ0) is 14.7. The molecule has 0 saturated carbocycles. The van der Waals surface area contributed by atoms with E-state index in [9.17, 15) is 0 Å². The minimum Gasteiger partial charge on any atom is -0.258 e. The number of hydrogen-bond acceptors (Lipinski definition) is 3. The maximum atomic E-state index is 4.54. The molecule has 0 spiro atoms. The quantitative estimate of drug-likeness (QED) is 0.726. The third-order valence-corrected chi connectivity index (χ3v) is 4.16. The normalized spacial score (nSPS) is 10.8. The third kappa shape index (κ3) is 3.52. The van der Waals surface area contributed by atoms with Crippen LogP contribution in [0.5, 0.6) is 0 Å². The second-order valence-electron chi connectivity index (χ2n) is 5.11. The average Bonchev–Trinajstić information content (AvgIpc) is 2.95. The van der Waals surface area contributed by atoms with Gasteiger partial charge in [0.2, 0.25) is 5.16 Å². The number of nitrogens with one attached hydrogen (secondary N) is 1. The van der Waals surface area contributed by atoms with Gasteiger partial charge in [-0.2, -0.15) is 0 Å². The van der Waals surface area contributed by atoms with Gasteiger partial charge in [-0.15, -0.1) is 5.10 Å². The Morgan fingerprint density at radius 1 is 1.00 bits per heavy atom. The first-order valence-corrected chi connectivity index (χ1v) is 7.87. The highest BCUT2D eigenvalue weighted by Crippen LogP contribution is 2.22. The molecule has 106 valence electrons. The number of H-pyrrole nitrogens is 1. The van der Waals surface area contributed by atoms with Gasteiger partial charge in [-0.25, -0.2) is 4.98 Å². The molecule has 0 aliphatic carbocycles. The number of aromatic amines is 1. The first-order valence-electron chi connectivity index (χ1n) is 6.88. The molecule has 2 aromatic carbocycles. The summed E-state index contributed by atoms with van der Waals surface area (Å²) in [5.74, 6) is 1.70. The van der Waals surface area contributed by atoms with Crippen molar-refractivity contribution in [2.45, 2.75) is 24.8 Å². The molecule has 0 aliphatic heterocycles. The van der Waals surface area contributed by atoms with Crippen LogP contribution in [0.3, 0.4) is 0 Å². The summed E-state index contributed by atoms with van der Waals surface area (Å²) in [6.07, 6.45) is 0. The summed E-state index contributed by atoms with van der Waals surface area (Å²) in [6, 6.07) is 16.8. The van der Waals surface area contributed by atoms with Gasteiger partial charge in [0.15, 0.2) is 5.82 Å². The Hall–Kier alpha value is -2.07. The Labute approximate surface area is 128 Å². The van der Waals surface area contributed by atoms with Crippen molar-refractivity contribution in [2.24, 2.45) is 0 Å². The van der Waals surface area contributed by atoms with Gasteiger partial charge in [-0.1, -0.05) is 71.4 Å². The van der Waals surface area contributed by atoms with Gasteiger partial charge in [0, 0.05) is 11.3 Å². The van der Waals surface area contributed by atoms with Gasteiger partial charge in [0.25, 0.3) is 0 Å². The van der Waals surface area contributed by atoms with Gasteiger partial charge in [0.05, 0.1) is 0 Å². The average molecular weight is 295 g/mol. The highest BCUT2D eigenvalue weighted by molar-refractivity contribution is 7.98. The van der Waals surface area contributed by atoms with Crippen LogP contribution in [-0.4, -0.2) is 15.2 Å². The van der Waals surface area contributed by atoms with E-state index in [0.717, 1.165) is 22.3 Å². The lowest BCUT2D eigenvalue weighted by Gasteiger charge is -1.99. The zero-order valence-corrected chi connectivity index (χ0v) is 12.9. The van der Waals surface area contributed by atoms with Gasteiger partial charge in [-0.3, -0.25) is 5.10 Å². The molecule has 0 bridgehead atoms. The molecule has 0 saturated heterocycles. The number of nitrogens with zero attached hydrogens (tertiary/aromatic N) is 2. The molecule has 0 unspecified atom stereocenters. The molecule has 1 aromatic heterocycles. The first-order chi connectivity index (χ1) is 10.2. The van der Waals surface area contributed by atoms with E-state index in [1.807, 2.05) is 0 Å². The van der Waals surface area contributed by atoms with Crippen LogP contribution in [0.25, 0.3) is 11.4 Å². The zero-order valence-electron chi connectivity index (χ0n) is 12.1. The molecule has 0 aliphatic rings. The maximum Gasteiger partial charge on any atom is 0.209 e. The van der Waals surface area contributed by atoms with Gasteiger partial charge < -0.3 is 0 Å². The molecule has 4 heteroatoms. The molecule has 3 aromatic rings. The summed E-state index contributed by atoms with van der Waals surface area (Å²) in [5, 5.41) is 8.07. The van der Waals surface area contributed by atoms with Crippen LogP contribution in [0.2, 0.25) is 0 Å². The Balaban J connectivity index is 1.69. The van der Waals surface area contributed by atoms with Crippen LogP contribution in [0.1, 0.15) is 16.7 Å². The van der Waals surface area contributed by atoms with E-state index in [4.69, 9.17) is 0 Å². The van der Waals surface area contributed by atoms with E-state index in [1.165, 1.54) is 16.7 Å². The summed E-state index contributed by atoms with van der Waals surface area (Å²) in [4.78, 5) is 4.54. The van der Waals surface area contributed by atoms with Crippen molar-refractivity contribution in [2.75, 3.05) is 0 Å². The van der Waals surface area contributed by atoms with Crippen LogP contribution >= 0.6 is 11.8 Å². The fourth-order valence-electron chi connectivity index (χ4n) is 2.10. The number of rotatable bonds is 4. The fourth-order valence-corrected chi connectivity index (χ4v) is 2.84. The van der Waals surface area contributed by atoms with E-state index in [2.05, 4.69) is 77.6 Å². The number of aryl methyl sites for hydroxylation is 2. The lowest BCUT2D eigenvalue weighted by atomic mass is 10.1. The number of thioether (sulfide) groups is 1. The second kappa shape index (κ2) is 6.14. The molecule has 0 fully saturated rings. The molecule has 3 nitrogen and oxygen atoms in total. The number of benzene rings is 2. The van der Waals surface area contributed by atoms with Gasteiger partial charge in [-0.05, 0) is 19.4 Å². The highest BCUT2D eigenvalue weighted by Gasteiger charge is 2.06. The molecule has 3 rings (SSSR count). The predicted molar refractivity (Wildman–Crippen MR) is 87.3 cm³/mol. The Kier molecular flexibility index (Phi) is 4.06. The van der Waals surface area contributed by atoms with E-state index >= 15 is 0 Å². The van der Waals surface area contributed by atoms with E-state index in [-0.39, 0.29) is 0 Å². The largest absolute Gasteiger partial charge is 0.258 e. The van der Waals surface area contributed by atoms with Crippen LogP contribution < -0.4 is 0 Å². The third-order valence-electron chi connectivity index (χ3n) is 3.24. The van der Waals surface area contributed by atoms with Crippen molar-refractivity contribution in [3.8, 4) is 11.4 Å². The first kappa shape index (κ1) is 13.9. The number of hydrogen-bond donors (Lipinski definition) is 1. The SMILES string of the molecule is Cc1ccc(-c2nc(SCc3cccc(C)c3)n[nH]2)cc1. The Morgan fingerprint density at radius 2 is 1.81 bits per heavy atom. The van der Waals surface area contributed by atoms with Crippen molar-refractivity contribution < 1.29 is 0 Å². The monoisotopic (exact) mass is 295 g/mol. The van der Waals surface area contributed by atoms with E-state index in [0.29, 0.717) is 0 Å². The lowest BCUT2D eigenvalue weighted by molar-refractivity contribution is 0.973.